The van der Waals surface area contributed by atoms with Gasteiger partial charge in [-0.05, 0) is 17.7 Å². The van der Waals surface area contributed by atoms with Gasteiger partial charge < -0.3 is 19.3 Å². The largest absolute Gasteiger partial charge is 0.481 e. The maximum Gasteiger partial charge on any atom is 0.303 e. The molecule has 1 N–H and O–H groups in total. The summed E-state index contributed by atoms with van der Waals surface area (Å²) in [6.07, 6.45) is 1.51. The standard InChI is InChI=1S/C20H22N2O5/c23-18(13-16(14-19(24)25)15-5-2-1-3-6-15)21-8-10-22(11-9-21)20(26)17-7-4-12-27-17/h1-7,12,16H,8-11,13-14H2,(H,24,25)/t16-/m0/s1. The number of nitrogens with zero attached hydrogens (tertiary/aromatic N) is 2. The highest BCUT2D eigenvalue weighted by molar-refractivity contribution is 5.91. The van der Waals surface area contributed by atoms with E-state index in [1.165, 1.54) is 6.26 Å². The molecule has 0 unspecified atom stereocenters. The van der Waals surface area contributed by atoms with E-state index in [1.807, 2.05) is 30.3 Å². The minimum absolute atomic E-state index is 0.0878. The van der Waals surface area contributed by atoms with Gasteiger partial charge in [0.15, 0.2) is 5.76 Å². The van der Waals surface area contributed by atoms with Gasteiger partial charge in [0.25, 0.3) is 5.91 Å². The summed E-state index contributed by atoms with van der Waals surface area (Å²) in [4.78, 5) is 39.5. The summed E-state index contributed by atoms with van der Waals surface area (Å²) in [6, 6.07) is 12.5. The van der Waals surface area contributed by atoms with Crippen LogP contribution in [0.4, 0.5) is 0 Å². The SMILES string of the molecule is O=C(O)C[C@H](CC(=O)N1CCN(C(=O)c2ccco2)CC1)c1ccccc1. The van der Waals surface area contributed by atoms with Gasteiger partial charge in [0.2, 0.25) is 5.91 Å². The van der Waals surface area contributed by atoms with Gasteiger partial charge in [0.05, 0.1) is 12.7 Å². The van der Waals surface area contributed by atoms with E-state index < -0.39 is 5.97 Å². The van der Waals surface area contributed by atoms with Crippen molar-refractivity contribution in [1.29, 1.82) is 0 Å². The van der Waals surface area contributed by atoms with Crippen LogP contribution in [-0.2, 0) is 9.59 Å². The van der Waals surface area contributed by atoms with Crippen LogP contribution in [0.5, 0.6) is 0 Å². The van der Waals surface area contributed by atoms with Crippen LogP contribution in [-0.4, -0.2) is 58.9 Å². The van der Waals surface area contributed by atoms with Crippen LogP contribution in [0.2, 0.25) is 0 Å². The van der Waals surface area contributed by atoms with Gasteiger partial charge in [-0.3, -0.25) is 14.4 Å². The molecule has 0 aliphatic carbocycles. The Kier molecular flexibility index (Phi) is 5.90. The van der Waals surface area contributed by atoms with Crippen LogP contribution in [0.15, 0.2) is 53.1 Å². The maximum absolute atomic E-state index is 12.7. The van der Waals surface area contributed by atoms with E-state index >= 15 is 0 Å². The first-order valence-electron chi connectivity index (χ1n) is 8.92. The number of rotatable bonds is 6. The van der Waals surface area contributed by atoms with Gasteiger partial charge in [-0.1, -0.05) is 30.3 Å². The number of hydrogen-bond acceptors (Lipinski definition) is 4. The summed E-state index contributed by atoms with van der Waals surface area (Å²) in [5.41, 5.74) is 0.847. The van der Waals surface area contributed by atoms with Crippen LogP contribution < -0.4 is 0 Å². The molecule has 7 nitrogen and oxygen atoms in total. The summed E-state index contributed by atoms with van der Waals surface area (Å²) >= 11 is 0. The molecule has 1 aromatic carbocycles. The average Bonchev–Trinajstić information content (AvgIpc) is 3.22. The van der Waals surface area contributed by atoms with E-state index in [0.717, 1.165) is 5.56 Å². The van der Waals surface area contributed by atoms with Crippen molar-refractivity contribution in [2.45, 2.75) is 18.8 Å². The van der Waals surface area contributed by atoms with Crippen LogP contribution >= 0.6 is 0 Å². The fraction of sp³-hybridized carbons (Fsp3) is 0.350. The van der Waals surface area contributed by atoms with Gasteiger partial charge in [0.1, 0.15) is 0 Å². The molecular weight excluding hydrogens is 348 g/mol. The molecule has 0 bridgehead atoms. The number of carbonyl (C=O) groups excluding carboxylic acids is 2. The Morgan fingerprint density at radius 3 is 2.19 bits per heavy atom. The summed E-state index contributed by atoms with van der Waals surface area (Å²) in [5.74, 6) is -1.26. The van der Waals surface area contributed by atoms with E-state index in [1.54, 1.807) is 21.9 Å². The first-order chi connectivity index (χ1) is 13.0. The Balaban J connectivity index is 1.58. The fourth-order valence-electron chi connectivity index (χ4n) is 3.30. The second-order valence-electron chi connectivity index (χ2n) is 6.56. The van der Waals surface area contributed by atoms with E-state index in [9.17, 15) is 19.5 Å². The number of carbonyl (C=O) groups is 3. The minimum Gasteiger partial charge on any atom is -0.481 e. The molecular formula is C20H22N2O5. The van der Waals surface area contributed by atoms with E-state index in [-0.39, 0.29) is 30.6 Å². The molecule has 1 fully saturated rings. The third-order valence-corrected chi connectivity index (χ3v) is 4.76. The van der Waals surface area contributed by atoms with Crippen molar-refractivity contribution in [1.82, 2.24) is 9.80 Å². The summed E-state index contributed by atoms with van der Waals surface area (Å²) < 4.78 is 5.13. The molecule has 2 aromatic rings. The summed E-state index contributed by atoms with van der Waals surface area (Å²) in [7, 11) is 0. The Labute approximate surface area is 157 Å². The third kappa shape index (κ3) is 4.75. The van der Waals surface area contributed by atoms with Gasteiger partial charge in [0, 0.05) is 38.5 Å². The predicted molar refractivity (Wildman–Crippen MR) is 97.2 cm³/mol. The number of carboxylic acids is 1. The lowest BCUT2D eigenvalue weighted by Gasteiger charge is -2.35. The summed E-state index contributed by atoms with van der Waals surface area (Å²) in [6.45, 7) is 1.72. The highest BCUT2D eigenvalue weighted by atomic mass is 16.4. The molecule has 3 rings (SSSR count). The molecule has 0 radical (unpaired) electrons. The topological polar surface area (TPSA) is 91.1 Å². The number of piperazine rings is 1. The molecule has 2 amide bonds. The Bertz CT molecular complexity index is 780. The fourth-order valence-corrected chi connectivity index (χ4v) is 3.30. The second kappa shape index (κ2) is 8.53. The smallest absolute Gasteiger partial charge is 0.303 e. The molecule has 1 aromatic heterocycles. The number of aliphatic carboxylic acids is 1. The minimum atomic E-state index is -0.925. The van der Waals surface area contributed by atoms with Gasteiger partial charge in [-0.25, -0.2) is 0 Å². The monoisotopic (exact) mass is 370 g/mol. The highest BCUT2D eigenvalue weighted by Gasteiger charge is 2.28. The predicted octanol–water partition coefficient (Wildman–Crippen LogP) is 2.21. The molecule has 142 valence electrons. The van der Waals surface area contributed by atoms with E-state index in [0.29, 0.717) is 31.9 Å². The normalized spacial score (nSPS) is 15.4. The third-order valence-electron chi connectivity index (χ3n) is 4.76. The maximum atomic E-state index is 12.7. The van der Waals surface area contributed by atoms with Crippen molar-refractivity contribution in [3.05, 3.63) is 60.1 Å². The van der Waals surface area contributed by atoms with Crippen LogP contribution in [0.1, 0.15) is 34.9 Å². The van der Waals surface area contributed by atoms with Crippen molar-refractivity contribution in [3.8, 4) is 0 Å². The lowest BCUT2D eigenvalue weighted by Crippen LogP contribution is -2.50. The van der Waals surface area contributed by atoms with Crippen molar-refractivity contribution in [2.24, 2.45) is 0 Å². The number of furan rings is 1. The molecule has 2 heterocycles. The number of hydrogen-bond donors (Lipinski definition) is 1. The van der Waals surface area contributed by atoms with Crippen LogP contribution in [0, 0.1) is 0 Å². The zero-order valence-electron chi connectivity index (χ0n) is 14.9. The zero-order chi connectivity index (χ0) is 19.2. The van der Waals surface area contributed by atoms with E-state index in [4.69, 9.17) is 4.42 Å². The molecule has 27 heavy (non-hydrogen) atoms. The number of benzene rings is 1. The average molecular weight is 370 g/mol. The van der Waals surface area contributed by atoms with Crippen molar-refractivity contribution >= 4 is 17.8 Å². The van der Waals surface area contributed by atoms with Crippen molar-refractivity contribution in [3.63, 3.8) is 0 Å². The number of carboxylic acid groups (broad SMARTS) is 1. The quantitative estimate of drug-likeness (QED) is 0.842. The van der Waals surface area contributed by atoms with Gasteiger partial charge in [-0.15, -0.1) is 0 Å². The molecule has 1 atom stereocenters. The molecule has 1 aliphatic heterocycles. The Morgan fingerprint density at radius 2 is 1.59 bits per heavy atom. The Hall–Kier alpha value is -3.09. The van der Waals surface area contributed by atoms with Crippen LogP contribution in [0.25, 0.3) is 0 Å². The molecule has 0 spiro atoms. The number of amides is 2. The molecule has 0 saturated carbocycles. The van der Waals surface area contributed by atoms with Crippen LogP contribution in [0.3, 0.4) is 0 Å². The lowest BCUT2D eigenvalue weighted by molar-refractivity contribution is -0.138. The van der Waals surface area contributed by atoms with Gasteiger partial charge >= 0.3 is 5.97 Å². The first kappa shape index (κ1) is 18.7. The van der Waals surface area contributed by atoms with Gasteiger partial charge in [-0.2, -0.15) is 0 Å². The second-order valence-corrected chi connectivity index (χ2v) is 6.56. The Morgan fingerprint density at radius 1 is 0.926 bits per heavy atom. The highest BCUT2D eigenvalue weighted by Crippen LogP contribution is 2.25. The zero-order valence-corrected chi connectivity index (χ0v) is 14.9. The van der Waals surface area contributed by atoms with E-state index in [2.05, 4.69) is 0 Å². The van der Waals surface area contributed by atoms with Crippen molar-refractivity contribution in [2.75, 3.05) is 26.2 Å². The first-order valence-corrected chi connectivity index (χ1v) is 8.92. The summed E-state index contributed by atoms with van der Waals surface area (Å²) in [5, 5.41) is 9.18. The molecule has 7 heteroatoms. The molecule has 1 aliphatic rings. The lowest BCUT2D eigenvalue weighted by atomic mass is 9.92. The molecule has 1 saturated heterocycles. The van der Waals surface area contributed by atoms with Crippen molar-refractivity contribution < 1.29 is 23.9 Å².